The summed E-state index contributed by atoms with van der Waals surface area (Å²) in [5.41, 5.74) is 0.438. The van der Waals surface area contributed by atoms with Gasteiger partial charge < -0.3 is 0 Å². The van der Waals surface area contributed by atoms with Crippen molar-refractivity contribution >= 4 is 44.6 Å². The second-order valence-electron chi connectivity index (χ2n) is 4.75. The van der Waals surface area contributed by atoms with E-state index < -0.39 is 15.6 Å². The summed E-state index contributed by atoms with van der Waals surface area (Å²) in [6.45, 7) is 0. The Kier molecular flexibility index (Phi) is 3.59. The normalized spacial score (nSPS) is 17.1. The van der Waals surface area contributed by atoms with Crippen LogP contribution in [0.5, 0.6) is 0 Å². The van der Waals surface area contributed by atoms with Crippen LogP contribution in [-0.4, -0.2) is 8.42 Å². The van der Waals surface area contributed by atoms with Crippen LogP contribution in [0, 0.1) is 0 Å². The van der Waals surface area contributed by atoms with Crippen LogP contribution >= 0.6 is 34.5 Å². The molecule has 0 spiro atoms. The Morgan fingerprint density at radius 2 is 1.70 bits per heavy atom. The zero-order valence-electron chi connectivity index (χ0n) is 10.3. The van der Waals surface area contributed by atoms with Crippen molar-refractivity contribution < 1.29 is 8.42 Å². The van der Waals surface area contributed by atoms with E-state index in [1.165, 1.54) is 6.07 Å². The lowest BCUT2D eigenvalue weighted by Crippen LogP contribution is -2.34. The van der Waals surface area contributed by atoms with Crippen molar-refractivity contribution in [3.8, 4) is 0 Å². The predicted molar refractivity (Wildman–Crippen MR) is 82.0 cm³/mol. The zero-order valence-corrected chi connectivity index (χ0v) is 13.4. The van der Waals surface area contributed by atoms with Crippen molar-refractivity contribution in [1.82, 2.24) is 4.72 Å². The highest BCUT2D eigenvalue weighted by molar-refractivity contribution is 7.91. The molecule has 0 atom stereocenters. The minimum absolute atomic E-state index is 0.239. The maximum absolute atomic E-state index is 12.4. The van der Waals surface area contributed by atoms with Crippen molar-refractivity contribution in [2.45, 2.75) is 22.6 Å². The Morgan fingerprint density at radius 3 is 2.20 bits per heavy atom. The molecule has 1 aliphatic carbocycles. The van der Waals surface area contributed by atoms with Gasteiger partial charge in [0.25, 0.3) is 10.0 Å². The van der Waals surface area contributed by atoms with Crippen LogP contribution in [0.25, 0.3) is 0 Å². The average molecular weight is 348 g/mol. The van der Waals surface area contributed by atoms with Gasteiger partial charge in [-0.25, -0.2) is 8.42 Å². The van der Waals surface area contributed by atoms with Gasteiger partial charge in [-0.15, -0.1) is 11.3 Å². The van der Waals surface area contributed by atoms with E-state index >= 15 is 0 Å². The summed E-state index contributed by atoms with van der Waals surface area (Å²) < 4.78 is 28.2. The first kappa shape index (κ1) is 14.4. The Labute approximate surface area is 131 Å². The molecular formula is C13H11Cl2NO2S2. The van der Waals surface area contributed by atoms with E-state index in [9.17, 15) is 8.42 Å². The van der Waals surface area contributed by atoms with Gasteiger partial charge >= 0.3 is 0 Å². The first-order valence-corrected chi connectivity index (χ1v) is 9.02. The van der Waals surface area contributed by atoms with Crippen LogP contribution in [0.1, 0.15) is 18.4 Å². The molecule has 0 amide bonds. The summed E-state index contributed by atoms with van der Waals surface area (Å²) in [4.78, 5) is 0. The van der Waals surface area contributed by atoms with E-state index in [4.69, 9.17) is 23.2 Å². The van der Waals surface area contributed by atoms with Gasteiger partial charge in [0.2, 0.25) is 0 Å². The lowest BCUT2D eigenvalue weighted by Gasteiger charge is -2.17. The molecule has 3 rings (SSSR count). The second-order valence-corrected chi connectivity index (χ2v) is 8.81. The molecule has 0 radical (unpaired) electrons. The maximum atomic E-state index is 12.4. The van der Waals surface area contributed by atoms with E-state index in [0.29, 0.717) is 9.36 Å². The summed E-state index contributed by atoms with van der Waals surface area (Å²) in [7, 11) is -3.54. The minimum Gasteiger partial charge on any atom is -0.206 e. The number of hydrogen-bond donors (Lipinski definition) is 1. The molecular weight excluding hydrogens is 337 g/mol. The SMILES string of the molecule is O=S(=O)(NC1(c2ccc(Cl)cc2)CC1)c1ccc(Cl)s1. The van der Waals surface area contributed by atoms with Gasteiger partial charge in [0.05, 0.1) is 9.88 Å². The average Bonchev–Trinajstić information content (AvgIpc) is 3.01. The molecule has 1 aromatic heterocycles. The number of nitrogens with one attached hydrogen (secondary N) is 1. The van der Waals surface area contributed by atoms with Crippen LogP contribution in [0.15, 0.2) is 40.6 Å². The van der Waals surface area contributed by atoms with Gasteiger partial charge in [-0.05, 0) is 42.7 Å². The zero-order chi connectivity index (χ0) is 14.4. The summed E-state index contributed by atoms with van der Waals surface area (Å²) in [6.07, 6.45) is 1.57. The molecule has 3 nitrogen and oxygen atoms in total. The molecule has 0 aliphatic heterocycles. The quantitative estimate of drug-likeness (QED) is 0.907. The lowest BCUT2D eigenvalue weighted by atomic mass is 10.1. The first-order chi connectivity index (χ1) is 9.41. The summed E-state index contributed by atoms with van der Waals surface area (Å²) in [5.74, 6) is 0. The summed E-state index contributed by atoms with van der Waals surface area (Å²) in [5, 5.41) is 0.637. The number of rotatable bonds is 4. The predicted octanol–water partition coefficient (Wildman–Crippen LogP) is 4.02. The van der Waals surface area contributed by atoms with Crippen molar-refractivity contribution in [3.63, 3.8) is 0 Å². The van der Waals surface area contributed by atoms with Gasteiger partial charge in [0.15, 0.2) is 0 Å². The highest BCUT2D eigenvalue weighted by atomic mass is 35.5. The highest BCUT2D eigenvalue weighted by Gasteiger charge is 2.47. The van der Waals surface area contributed by atoms with E-state index in [0.717, 1.165) is 29.7 Å². The van der Waals surface area contributed by atoms with E-state index in [2.05, 4.69) is 4.72 Å². The van der Waals surface area contributed by atoms with Crippen molar-refractivity contribution in [2.75, 3.05) is 0 Å². The minimum atomic E-state index is -3.54. The molecule has 0 unspecified atom stereocenters. The Hall–Kier alpha value is -0.590. The van der Waals surface area contributed by atoms with Gasteiger partial charge in [0.1, 0.15) is 4.21 Å². The molecule has 20 heavy (non-hydrogen) atoms. The third-order valence-electron chi connectivity index (χ3n) is 3.29. The Morgan fingerprint density at radius 1 is 1.05 bits per heavy atom. The Balaban J connectivity index is 1.89. The monoisotopic (exact) mass is 347 g/mol. The molecule has 2 aromatic rings. The highest BCUT2D eigenvalue weighted by Crippen LogP contribution is 2.47. The fourth-order valence-corrected chi connectivity index (χ4v) is 5.15. The molecule has 0 bridgehead atoms. The fourth-order valence-electron chi connectivity index (χ4n) is 2.09. The maximum Gasteiger partial charge on any atom is 0.250 e. The van der Waals surface area contributed by atoms with Crippen LogP contribution in [-0.2, 0) is 15.6 Å². The molecule has 1 heterocycles. The largest absolute Gasteiger partial charge is 0.250 e. The molecule has 106 valence electrons. The molecule has 0 saturated heterocycles. The van der Waals surface area contributed by atoms with E-state index in [1.807, 2.05) is 12.1 Å². The van der Waals surface area contributed by atoms with E-state index in [-0.39, 0.29) is 4.21 Å². The third kappa shape index (κ3) is 2.73. The van der Waals surface area contributed by atoms with Gasteiger partial charge in [-0.1, -0.05) is 35.3 Å². The van der Waals surface area contributed by atoms with Crippen LogP contribution in [0.2, 0.25) is 9.36 Å². The van der Waals surface area contributed by atoms with Gasteiger partial charge in [-0.2, -0.15) is 4.72 Å². The van der Waals surface area contributed by atoms with Gasteiger partial charge in [0, 0.05) is 5.02 Å². The fraction of sp³-hybridized carbons (Fsp3) is 0.231. The standard InChI is InChI=1S/C13H11Cl2NO2S2/c14-10-3-1-9(2-4-10)13(7-8-13)16-20(17,18)12-6-5-11(15)19-12/h1-6,16H,7-8H2. The number of sulfonamides is 1. The molecule has 7 heteroatoms. The van der Waals surface area contributed by atoms with E-state index in [1.54, 1.807) is 18.2 Å². The molecule has 1 saturated carbocycles. The summed E-state index contributed by atoms with van der Waals surface area (Å²) in [6, 6.07) is 10.4. The van der Waals surface area contributed by atoms with Crippen LogP contribution < -0.4 is 4.72 Å². The van der Waals surface area contributed by atoms with Gasteiger partial charge in [-0.3, -0.25) is 0 Å². The Bertz CT molecular complexity index is 734. The molecule has 1 N–H and O–H groups in total. The van der Waals surface area contributed by atoms with Crippen LogP contribution in [0.4, 0.5) is 0 Å². The topological polar surface area (TPSA) is 46.2 Å². The second kappa shape index (κ2) is 5.00. The number of halogens is 2. The number of benzene rings is 1. The molecule has 1 aliphatic rings. The van der Waals surface area contributed by atoms with Crippen molar-refractivity contribution in [2.24, 2.45) is 0 Å². The van der Waals surface area contributed by atoms with Crippen molar-refractivity contribution in [1.29, 1.82) is 0 Å². The van der Waals surface area contributed by atoms with Crippen LogP contribution in [0.3, 0.4) is 0 Å². The molecule has 1 fully saturated rings. The smallest absolute Gasteiger partial charge is 0.206 e. The number of thiophene rings is 1. The number of hydrogen-bond acceptors (Lipinski definition) is 3. The lowest BCUT2D eigenvalue weighted by molar-refractivity contribution is 0.553. The molecule has 1 aromatic carbocycles. The third-order valence-corrected chi connectivity index (χ3v) is 6.80. The van der Waals surface area contributed by atoms with Crippen molar-refractivity contribution in [3.05, 3.63) is 51.3 Å². The first-order valence-electron chi connectivity index (χ1n) is 5.97. The summed E-state index contributed by atoms with van der Waals surface area (Å²) >= 11 is 12.7.